The van der Waals surface area contributed by atoms with Crippen LogP contribution in [-0.2, 0) is 13.1 Å². The van der Waals surface area contributed by atoms with E-state index in [2.05, 4.69) is 5.10 Å². The molecular formula is C27H30ClN5O3. The average molecular weight is 508 g/mol. The average Bonchev–Trinajstić information content (AvgIpc) is 3.22. The number of benzene rings is 2. The summed E-state index contributed by atoms with van der Waals surface area (Å²) in [5, 5.41) is 14.5. The van der Waals surface area contributed by atoms with Gasteiger partial charge in [-0.1, -0.05) is 11.6 Å². The van der Waals surface area contributed by atoms with Crippen molar-refractivity contribution in [3.8, 4) is 17.1 Å². The first-order valence-electron chi connectivity index (χ1n) is 11.9. The zero-order chi connectivity index (χ0) is 25.8. The molecule has 0 spiro atoms. The van der Waals surface area contributed by atoms with E-state index in [-0.39, 0.29) is 12.5 Å². The summed E-state index contributed by atoms with van der Waals surface area (Å²) >= 11 is 6.27. The maximum Gasteiger partial charge on any atom is 0.273 e. The van der Waals surface area contributed by atoms with Gasteiger partial charge in [-0.25, -0.2) is 9.97 Å². The normalized spacial score (nSPS) is 11.2. The lowest BCUT2D eigenvalue weighted by Crippen LogP contribution is -2.27. The van der Waals surface area contributed by atoms with E-state index < -0.39 is 0 Å². The van der Waals surface area contributed by atoms with Crippen LogP contribution in [0.4, 0.5) is 0 Å². The fourth-order valence-electron chi connectivity index (χ4n) is 4.06. The number of hydrogen-bond donors (Lipinski definition) is 1. The SMILES string of the molecule is CCn1ncc(CN(C)C(=O)c2nc(-c3ccc(OCCCO)c(C)c3)nc3ccc(Cl)cc23)c1C. The molecule has 0 saturated carbocycles. The molecule has 2 aromatic heterocycles. The third-order valence-electron chi connectivity index (χ3n) is 6.11. The van der Waals surface area contributed by atoms with Crippen molar-refractivity contribution in [1.29, 1.82) is 0 Å². The van der Waals surface area contributed by atoms with Crippen molar-refractivity contribution in [1.82, 2.24) is 24.6 Å². The number of nitrogens with zero attached hydrogens (tertiary/aromatic N) is 5. The predicted molar refractivity (Wildman–Crippen MR) is 140 cm³/mol. The molecule has 0 aliphatic heterocycles. The lowest BCUT2D eigenvalue weighted by molar-refractivity contribution is 0.0781. The molecular weight excluding hydrogens is 478 g/mol. The Balaban J connectivity index is 1.71. The minimum atomic E-state index is -0.227. The Labute approximate surface area is 215 Å². The van der Waals surface area contributed by atoms with Crippen LogP contribution < -0.4 is 4.74 Å². The van der Waals surface area contributed by atoms with E-state index in [1.807, 2.05) is 43.7 Å². The van der Waals surface area contributed by atoms with Crippen LogP contribution in [0.5, 0.6) is 5.75 Å². The molecule has 188 valence electrons. The van der Waals surface area contributed by atoms with Gasteiger partial charge in [0, 0.05) is 60.4 Å². The van der Waals surface area contributed by atoms with Crippen molar-refractivity contribution in [2.75, 3.05) is 20.3 Å². The summed E-state index contributed by atoms with van der Waals surface area (Å²) in [4.78, 5) is 24.7. The summed E-state index contributed by atoms with van der Waals surface area (Å²) in [6, 6.07) is 11.0. The molecule has 0 aliphatic rings. The molecule has 0 saturated heterocycles. The van der Waals surface area contributed by atoms with E-state index in [9.17, 15) is 4.79 Å². The highest BCUT2D eigenvalue weighted by atomic mass is 35.5. The number of aliphatic hydroxyl groups excluding tert-OH is 1. The van der Waals surface area contributed by atoms with Crippen molar-refractivity contribution in [2.45, 2.75) is 40.3 Å². The van der Waals surface area contributed by atoms with Crippen LogP contribution in [0.1, 0.15) is 40.7 Å². The molecule has 0 radical (unpaired) electrons. The van der Waals surface area contributed by atoms with E-state index in [4.69, 9.17) is 31.4 Å². The van der Waals surface area contributed by atoms with Crippen LogP contribution in [0.25, 0.3) is 22.3 Å². The molecule has 0 aliphatic carbocycles. The Bertz CT molecular complexity index is 1400. The van der Waals surface area contributed by atoms with Gasteiger partial charge in [-0.05, 0) is 62.7 Å². The Morgan fingerprint density at radius 2 is 1.97 bits per heavy atom. The first-order chi connectivity index (χ1) is 17.3. The standard InChI is InChI=1S/C27H30ClN5O3/c1-5-33-18(3)20(15-29-33)16-32(4)27(35)25-22-14-21(28)8-9-23(22)30-26(31-25)19-7-10-24(17(2)13-19)36-12-6-11-34/h7-10,13-15,34H,5-6,11-12,16H2,1-4H3. The predicted octanol–water partition coefficient (Wildman–Crippen LogP) is 4.82. The summed E-state index contributed by atoms with van der Waals surface area (Å²) in [7, 11) is 1.76. The molecule has 0 atom stereocenters. The fraction of sp³-hybridized carbons (Fsp3) is 0.333. The van der Waals surface area contributed by atoms with Crippen molar-refractivity contribution >= 4 is 28.4 Å². The first-order valence-corrected chi connectivity index (χ1v) is 12.3. The number of hydrogen-bond acceptors (Lipinski definition) is 6. The fourth-order valence-corrected chi connectivity index (χ4v) is 4.23. The number of rotatable bonds is 9. The number of halogens is 1. The maximum absolute atomic E-state index is 13.6. The second-order valence-electron chi connectivity index (χ2n) is 8.70. The molecule has 1 amide bonds. The molecule has 9 heteroatoms. The number of aliphatic hydroxyl groups is 1. The van der Waals surface area contributed by atoms with E-state index in [0.29, 0.717) is 47.0 Å². The monoisotopic (exact) mass is 507 g/mol. The Morgan fingerprint density at radius 1 is 1.17 bits per heavy atom. The molecule has 8 nitrogen and oxygen atoms in total. The second kappa shape index (κ2) is 11.1. The molecule has 1 N–H and O–H groups in total. The minimum Gasteiger partial charge on any atom is -0.493 e. The van der Waals surface area contributed by atoms with Gasteiger partial charge in [0.15, 0.2) is 5.82 Å². The van der Waals surface area contributed by atoms with Gasteiger partial charge < -0.3 is 14.7 Å². The number of amides is 1. The smallest absolute Gasteiger partial charge is 0.273 e. The van der Waals surface area contributed by atoms with E-state index in [0.717, 1.165) is 34.7 Å². The highest BCUT2D eigenvalue weighted by Crippen LogP contribution is 2.28. The molecule has 4 rings (SSSR count). The quantitative estimate of drug-likeness (QED) is 0.326. The topological polar surface area (TPSA) is 93.4 Å². The van der Waals surface area contributed by atoms with Crippen LogP contribution in [0.15, 0.2) is 42.6 Å². The van der Waals surface area contributed by atoms with Crippen LogP contribution in [-0.4, -0.2) is 55.9 Å². The minimum absolute atomic E-state index is 0.0812. The van der Waals surface area contributed by atoms with Gasteiger partial charge in [0.1, 0.15) is 11.4 Å². The Morgan fingerprint density at radius 3 is 2.67 bits per heavy atom. The highest BCUT2D eigenvalue weighted by Gasteiger charge is 2.21. The van der Waals surface area contributed by atoms with Crippen molar-refractivity contribution < 1.29 is 14.6 Å². The zero-order valence-corrected chi connectivity index (χ0v) is 21.7. The lowest BCUT2D eigenvalue weighted by atomic mass is 10.1. The largest absolute Gasteiger partial charge is 0.493 e. The number of carbonyl (C=O) groups is 1. The van der Waals surface area contributed by atoms with Gasteiger partial charge in [-0.2, -0.15) is 5.10 Å². The lowest BCUT2D eigenvalue weighted by Gasteiger charge is -2.18. The van der Waals surface area contributed by atoms with Crippen LogP contribution in [0.3, 0.4) is 0 Å². The zero-order valence-electron chi connectivity index (χ0n) is 21.0. The summed E-state index contributed by atoms with van der Waals surface area (Å²) in [5.41, 5.74) is 4.63. The maximum atomic E-state index is 13.6. The van der Waals surface area contributed by atoms with Crippen LogP contribution >= 0.6 is 11.6 Å². The van der Waals surface area contributed by atoms with Gasteiger partial charge >= 0.3 is 0 Å². The van der Waals surface area contributed by atoms with Gasteiger partial charge in [0.2, 0.25) is 0 Å². The van der Waals surface area contributed by atoms with Gasteiger partial charge in [0.25, 0.3) is 5.91 Å². The molecule has 4 aromatic rings. The number of fused-ring (bicyclic) bond motifs is 1. The molecule has 0 bridgehead atoms. The van der Waals surface area contributed by atoms with Gasteiger partial charge in [0.05, 0.1) is 18.3 Å². The van der Waals surface area contributed by atoms with Crippen molar-refractivity contribution in [2.24, 2.45) is 0 Å². The summed E-state index contributed by atoms with van der Waals surface area (Å²) < 4.78 is 7.65. The molecule has 36 heavy (non-hydrogen) atoms. The third-order valence-corrected chi connectivity index (χ3v) is 6.35. The number of carbonyl (C=O) groups excluding carboxylic acids is 1. The molecule has 0 unspecified atom stereocenters. The van der Waals surface area contributed by atoms with Crippen LogP contribution in [0, 0.1) is 13.8 Å². The number of aryl methyl sites for hydroxylation is 2. The summed E-state index contributed by atoms with van der Waals surface area (Å²) in [6.45, 7) is 7.67. The van der Waals surface area contributed by atoms with Gasteiger partial charge in [-0.3, -0.25) is 9.48 Å². The van der Waals surface area contributed by atoms with Crippen molar-refractivity contribution in [3.05, 3.63) is 70.1 Å². The summed E-state index contributed by atoms with van der Waals surface area (Å²) in [6.07, 6.45) is 2.37. The highest BCUT2D eigenvalue weighted by molar-refractivity contribution is 6.31. The van der Waals surface area contributed by atoms with Crippen LogP contribution in [0.2, 0.25) is 5.02 Å². The second-order valence-corrected chi connectivity index (χ2v) is 9.13. The van der Waals surface area contributed by atoms with E-state index in [1.54, 1.807) is 36.3 Å². The number of aromatic nitrogens is 4. The Kier molecular flexibility index (Phi) is 7.86. The molecule has 0 fully saturated rings. The van der Waals surface area contributed by atoms with Crippen molar-refractivity contribution in [3.63, 3.8) is 0 Å². The first kappa shape index (κ1) is 25.6. The Hall–Kier alpha value is -3.49. The van der Waals surface area contributed by atoms with Gasteiger partial charge in [-0.15, -0.1) is 0 Å². The van der Waals surface area contributed by atoms with E-state index >= 15 is 0 Å². The van der Waals surface area contributed by atoms with E-state index in [1.165, 1.54) is 0 Å². The third kappa shape index (κ3) is 5.34. The summed E-state index contributed by atoms with van der Waals surface area (Å²) in [5.74, 6) is 0.954. The molecule has 2 aromatic carbocycles. The molecule has 2 heterocycles. The number of ether oxygens (including phenoxy) is 1.